The molecular weight excluding hydrogens is 250 g/mol. The van der Waals surface area contributed by atoms with Crippen LogP contribution >= 0.6 is 0 Å². The van der Waals surface area contributed by atoms with Gasteiger partial charge in [0.25, 0.3) is 0 Å². The number of urea groups is 1. The molecule has 7 nitrogen and oxygen atoms in total. The number of methoxy groups -OCH3 is 1. The van der Waals surface area contributed by atoms with Crippen molar-refractivity contribution in [2.75, 3.05) is 40.4 Å². The molecule has 1 aliphatic heterocycles. The third kappa shape index (κ3) is 5.89. The smallest absolute Gasteiger partial charge is 0.328 e. The second-order valence-corrected chi connectivity index (χ2v) is 4.95. The molecule has 0 aromatic rings. The minimum absolute atomic E-state index is 0.0447. The number of ether oxygens (including phenoxy) is 1. The molecule has 1 unspecified atom stereocenters. The molecule has 1 atom stereocenters. The van der Waals surface area contributed by atoms with E-state index in [4.69, 9.17) is 9.84 Å². The fourth-order valence-electron chi connectivity index (χ4n) is 2.05. The molecular formula is C12H23N3O4. The normalized spacial score (nSPS) is 18.8. The van der Waals surface area contributed by atoms with E-state index in [1.807, 2.05) is 0 Å². The summed E-state index contributed by atoms with van der Waals surface area (Å²) in [6.07, 6.45) is 2.11. The van der Waals surface area contributed by atoms with E-state index in [1.54, 1.807) is 0 Å². The van der Waals surface area contributed by atoms with Crippen LogP contribution in [0.2, 0.25) is 0 Å². The molecule has 0 spiro atoms. The van der Waals surface area contributed by atoms with E-state index in [1.165, 1.54) is 7.11 Å². The van der Waals surface area contributed by atoms with E-state index in [2.05, 4.69) is 22.6 Å². The predicted molar refractivity (Wildman–Crippen MR) is 70.1 cm³/mol. The van der Waals surface area contributed by atoms with Gasteiger partial charge in [-0.3, -0.25) is 0 Å². The van der Waals surface area contributed by atoms with Gasteiger partial charge in [-0.15, -0.1) is 0 Å². The summed E-state index contributed by atoms with van der Waals surface area (Å²) in [6.45, 7) is 2.61. The second kappa shape index (κ2) is 7.96. The summed E-state index contributed by atoms with van der Waals surface area (Å²) >= 11 is 0. The zero-order chi connectivity index (χ0) is 14.3. The number of aliphatic carboxylic acids is 1. The van der Waals surface area contributed by atoms with Gasteiger partial charge in [0.15, 0.2) is 6.04 Å². The molecule has 0 radical (unpaired) electrons. The molecule has 110 valence electrons. The molecule has 2 amide bonds. The molecule has 1 fully saturated rings. The van der Waals surface area contributed by atoms with E-state index in [0.29, 0.717) is 12.5 Å². The van der Waals surface area contributed by atoms with Crippen molar-refractivity contribution in [1.29, 1.82) is 0 Å². The van der Waals surface area contributed by atoms with Crippen molar-refractivity contribution in [2.45, 2.75) is 18.9 Å². The van der Waals surface area contributed by atoms with Gasteiger partial charge in [-0.2, -0.15) is 0 Å². The monoisotopic (exact) mass is 273 g/mol. The largest absolute Gasteiger partial charge is 0.480 e. The Labute approximate surface area is 113 Å². The van der Waals surface area contributed by atoms with Crippen LogP contribution in [0.25, 0.3) is 0 Å². The highest BCUT2D eigenvalue weighted by atomic mass is 16.5. The Morgan fingerprint density at radius 2 is 2.05 bits per heavy atom. The number of carbonyl (C=O) groups is 2. The van der Waals surface area contributed by atoms with Crippen LogP contribution in [0.1, 0.15) is 12.8 Å². The molecule has 0 aliphatic carbocycles. The van der Waals surface area contributed by atoms with Gasteiger partial charge in [-0.1, -0.05) is 0 Å². The second-order valence-electron chi connectivity index (χ2n) is 4.95. The van der Waals surface area contributed by atoms with Crippen molar-refractivity contribution in [2.24, 2.45) is 5.92 Å². The number of amides is 2. The molecule has 0 saturated carbocycles. The maximum absolute atomic E-state index is 11.6. The van der Waals surface area contributed by atoms with Crippen LogP contribution < -0.4 is 10.6 Å². The van der Waals surface area contributed by atoms with Crippen molar-refractivity contribution in [3.8, 4) is 0 Å². The molecule has 1 saturated heterocycles. The molecule has 7 heteroatoms. The van der Waals surface area contributed by atoms with Gasteiger partial charge in [0.05, 0.1) is 6.61 Å². The molecule has 1 aliphatic rings. The first-order valence-corrected chi connectivity index (χ1v) is 6.47. The number of rotatable bonds is 6. The number of piperidine rings is 1. The quantitative estimate of drug-likeness (QED) is 0.619. The Bertz CT molecular complexity index is 303. The molecule has 1 rings (SSSR count). The molecule has 1 heterocycles. The van der Waals surface area contributed by atoms with Crippen molar-refractivity contribution in [3.05, 3.63) is 0 Å². The van der Waals surface area contributed by atoms with Crippen molar-refractivity contribution < 1.29 is 19.4 Å². The Balaban J connectivity index is 2.24. The zero-order valence-electron chi connectivity index (χ0n) is 11.5. The minimum Gasteiger partial charge on any atom is -0.480 e. The summed E-state index contributed by atoms with van der Waals surface area (Å²) < 4.78 is 4.74. The maximum Gasteiger partial charge on any atom is 0.328 e. The van der Waals surface area contributed by atoms with Crippen LogP contribution in [0.4, 0.5) is 4.79 Å². The van der Waals surface area contributed by atoms with Crippen LogP contribution in [0.3, 0.4) is 0 Å². The third-order valence-electron chi connectivity index (χ3n) is 3.33. The number of hydrogen-bond acceptors (Lipinski definition) is 4. The average Bonchev–Trinajstić information content (AvgIpc) is 2.37. The van der Waals surface area contributed by atoms with Gasteiger partial charge < -0.3 is 25.4 Å². The summed E-state index contributed by atoms with van der Waals surface area (Å²) in [6, 6.07) is -1.47. The van der Waals surface area contributed by atoms with E-state index in [-0.39, 0.29) is 6.61 Å². The number of likely N-dealkylation sites (tertiary alicyclic amines) is 1. The third-order valence-corrected chi connectivity index (χ3v) is 3.33. The van der Waals surface area contributed by atoms with Crippen molar-refractivity contribution in [1.82, 2.24) is 15.5 Å². The van der Waals surface area contributed by atoms with Gasteiger partial charge in [0.1, 0.15) is 0 Å². The fraction of sp³-hybridized carbons (Fsp3) is 0.833. The average molecular weight is 273 g/mol. The number of carboxylic acid groups (broad SMARTS) is 1. The molecule has 0 aromatic heterocycles. The molecule has 3 N–H and O–H groups in total. The summed E-state index contributed by atoms with van der Waals surface area (Å²) in [5.41, 5.74) is 0. The van der Waals surface area contributed by atoms with Crippen LogP contribution in [-0.4, -0.2) is 68.4 Å². The van der Waals surface area contributed by atoms with Crippen LogP contribution in [0.15, 0.2) is 0 Å². The zero-order valence-corrected chi connectivity index (χ0v) is 11.5. The number of nitrogens with zero attached hydrogens (tertiary/aromatic N) is 1. The Hall–Kier alpha value is -1.34. The van der Waals surface area contributed by atoms with Crippen LogP contribution in [0, 0.1) is 5.92 Å². The minimum atomic E-state index is -1.10. The number of carbonyl (C=O) groups excluding carboxylic acids is 1. The van der Waals surface area contributed by atoms with Crippen molar-refractivity contribution in [3.63, 3.8) is 0 Å². The SMILES string of the molecule is COCC(NC(=O)NCC1CCN(C)CC1)C(=O)O. The molecule has 0 aromatic carbocycles. The highest BCUT2D eigenvalue weighted by Gasteiger charge is 2.21. The highest BCUT2D eigenvalue weighted by Crippen LogP contribution is 2.14. The fourth-order valence-corrected chi connectivity index (χ4v) is 2.05. The first-order chi connectivity index (χ1) is 9.02. The number of nitrogens with one attached hydrogen (secondary N) is 2. The standard InChI is InChI=1S/C12H23N3O4/c1-15-5-3-9(4-6-15)7-13-12(18)14-10(8-19-2)11(16)17/h9-10H,3-8H2,1-2H3,(H,16,17)(H2,13,14,18). The number of hydrogen-bond donors (Lipinski definition) is 3. The Morgan fingerprint density at radius 1 is 1.42 bits per heavy atom. The van der Waals surface area contributed by atoms with E-state index in [9.17, 15) is 9.59 Å². The predicted octanol–water partition coefficient (Wildman–Crippen LogP) is -0.273. The van der Waals surface area contributed by atoms with E-state index in [0.717, 1.165) is 25.9 Å². The van der Waals surface area contributed by atoms with E-state index < -0.39 is 18.0 Å². The lowest BCUT2D eigenvalue weighted by atomic mass is 9.97. The summed E-state index contributed by atoms with van der Waals surface area (Å²) in [4.78, 5) is 24.7. The first kappa shape index (κ1) is 15.7. The lowest BCUT2D eigenvalue weighted by molar-refractivity contribution is -0.140. The lowest BCUT2D eigenvalue weighted by Crippen LogP contribution is -2.49. The Morgan fingerprint density at radius 3 is 2.58 bits per heavy atom. The van der Waals surface area contributed by atoms with E-state index >= 15 is 0 Å². The summed E-state index contributed by atoms with van der Waals surface area (Å²) in [5.74, 6) is -0.635. The first-order valence-electron chi connectivity index (χ1n) is 6.47. The van der Waals surface area contributed by atoms with Gasteiger partial charge in [-0.05, 0) is 38.9 Å². The van der Waals surface area contributed by atoms with Gasteiger partial charge >= 0.3 is 12.0 Å². The lowest BCUT2D eigenvalue weighted by Gasteiger charge is -2.29. The molecule has 0 bridgehead atoms. The summed E-state index contributed by atoms with van der Waals surface area (Å²) in [7, 11) is 3.48. The summed E-state index contributed by atoms with van der Waals surface area (Å²) in [5, 5.41) is 14.0. The van der Waals surface area contributed by atoms with Crippen LogP contribution in [0.5, 0.6) is 0 Å². The molecule has 19 heavy (non-hydrogen) atoms. The van der Waals surface area contributed by atoms with Gasteiger partial charge in [0.2, 0.25) is 0 Å². The highest BCUT2D eigenvalue weighted by molar-refractivity contribution is 5.82. The topological polar surface area (TPSA) is 90.9 Å². The number of carboxylic acids is 1. The maximum atomic E-state index is 11.6. The van der Waals surface area contributed by atoms with Crippen LogP contribution in [-0.2, 0) is 9.53 Å². The van der Waals surface area contributed by atoms with Gasteiger partial charge in [0, 0.05) is 13.7 Å². The van der Waals surface area contributed by atoms with Gasteiger partial charge in [-0.25, -0.2) is 9.59 Å². The Kier molecular flexibility index (Phi) is 6.58. The van der Waals surface area contributed by atoms with Crippen molar-refractivity contribution >= 4 is 12.0 Å².